The van der Waals surface area contributed by atoms with E-state index in [9.17, 15) is 4.79 Å². The van der Waals surface area contributed by atoms with Crippen LogP contribution < -0.4 is 15.5 Å². The Morgan fingerprint density at radius 3 is 2.65 bits per heavy atom. The normalized spacial score (nSPS) is 10.1. The molecule has 0 saturated heterocycles. The lowest BCUT2D eigenvalue weighted by Gasteiger charge is -2.20. The van der Waals surface area contributed by atoms with Gasteiger partial charge in [0, 0.05) is 25.1 Å². The summed E-state index contributed by atoms with van der Waals surface area (Å²) in [5.41, 5.74) is 2.21. The molecule has 0 aromatic heterocycles. The number of carbonyl (C=O) groups excluding carboxylic acids is 1. The molecule has 5 heteroatoms. The SMILES string of the molecule is CNCc1ccc(N(C)CC(=O)NC)c(Br)c1. The average Bonchev–Trinajstić information content (AvgIpc) is 2.29. The summed E-state index contributed by atoms with van der Waals surface area (Å²) in [4.78, 5) is 13.2. The van der Waals surface area contributed by atoms with Crippen molar-refractivity contribution in [1.29, 1.82) is 0 Å². The van der Waals surface area contributed by atoms with E-state index in [0.717, 1.165) is 16.7 Å². The Labute approximate surface area is 111 Å². The first kappa shape index (κ1) is 14.0. The largest absolute Gasteiger partial charge is 0.364 e. The van der Waals surface area contributed by atoms with Crippen LogP contribution in [0.25, 0.3) is 0 Å². The smallest absolute Gasteiger partial charge is 0.239 e. The molecule has 1 amide bonds. The van der Waals surface area contributed by atoms with E-state index in [-0.39, 0.29) is 5.91 Å². The van der Waals surface area contributed by atoms with Gasteiger partial charge in [-0.15, -0.1) is 0 Å². The van der Waals surface area contributed by atoms with Crippen LogP contribution in [0.15, 0.2) is 22.7 Å². The number of carbonyl (C=O) groups is 1. The number of nitrogens with one attached hydrogen (secondary N) is 2. The highest BCUT2D eigenvalue weighted by Gasteiger charge is 2.09. The van der Waals surface area contributed by atoms with Crippen LogP contribution in [0, 0.1) is 0 Å². The first-order valence-corrected chi connectivity index (χ1v) is 6.22. The van der Waals surface area contributed by atoms with Crippen molar-refractivity contribution in [3.05, 3.63) is 28.2 Å². The lowest BCUT2D eigenvalue weighted by atomic mass is 10.2. The zero-order chi connectivity index (χ0) is 12.8. The second kappa shape index (κ2) is 6.61. The van der Waals surface area contributed by atoms with Gasteiger partial charge in [0.05, 0.1) is 12.2 Å². The second-order valence-corrected chi connectivity index (χ2v) is 4.70. The summed E-state index contributed by atoms with van der Waals surface area (Å²) >= 11 is 3.53. The Hall–Kier alpha value is -1.07. The number of halogens is 1. The van der Waals surface area contributed by atoms with E-state index in [1.54, 1.807) is 7.05 Å². The number of rotatable bonds is 5. The monoisotopic (exact) mass is 299 g/mol. The minimum absolute atomic E-state index is 0.00120. The summed E-state index contributed by atoms with van der Waals surface area (Å²) in [5, 5.41) is 5.71. The third-order valence-corrected chi connectivity index (χ3v) is 3.10. The van der Waals surface area contributed by atoms with Crippen molar-refractivity contribution >= 4 is 27.5 Å². The van der Waals surface area contributed by atoms with Gasteiger partial charge in [-0.05, 0) is 40.7 Å². The molecular formula is C12H18BrN3O. The third-order valence-electron chi connectivity index (χ3n) is 2.46. The quantitative estimate of drug-likeness (QED) is 0.863. The summed E-state index contributed by atoms with van der Waals surface area (Å²) in [5.74, 6) is -0.00120. The van der Waals surface area contributed by atoms with Gasteiger partial charge in [-0.25, -0.2) is 0 Å². The highest BCUT2D eigenvalue weighted by molar-refractivity contribution is 9.10. The molecular weight excluding hydrogens is 282 g/mol. The Morgan fingerprint density at radius 1 is 1.41 bits per heavy atom. The van der Waals surface area contributed by atoms with Crippen molar-refractivity contribution in [3.8, 4) is 0 Å². The van der Waals surface area contributed by atoms with Gasteiger partial charge in [0.25, 0.3) is 0 Å². The summed E-state index contributed by atoms with van der Waals surface area (Å²) < 4.78 is 0.997. The zero-order valence-electron chi connectivity index (χ0n) is 10.4. The van der Waals surface area contributed by atoms with Crippen LogP contribution in [-0.2, 0) is 11.3 Å². The average molecular weight is 300 g/mol. The summed E-state index contributed by atoms with van der Waals surface area (Å²) in [7, 11) is 5.45. The maximum atomic E-state index is 11.3. The number of anilines is 1. The maximum Gasteiger partial charge on any atom is 0.239 e. The fraction of sp³-hybridized carbons (Fsp3) is 0.417. The molecule has 4 nitrogen and oxygen atoms in total. The van der Waals surface area contributed by atoms with Gasteiger partial charge in [-0.3, -0.25) is 4.79 Å². The molecule has 0 saturated carbocycles. The standard InChI is InChI=1S/C12H18BrN3O/c1-14-7-9-4-5-11(10(13)6-9)16(3)8-12(17)15-2/h4-6,14H,7-8H2,1-3H3,(H,15,17). The third kappa shape index (κ3) is 4.02. The van der Waals surface area contributed by atoms with Crippen LogP contribution in [0.3, 0.4) is 0 Å². The molecule has 94 valence electrons. The van der Waals surface area contributed by atoms with Crippen molar-refractivity contribution in [2.45, 2.75) is 6.54 Å². The second-order valence-electron chi connectivity index (χ2n) is 3.85. The molecule has 0 fully saturated rings. The summed E-state index contributed by atoms with van der Waals surface area (Å²) in [6.45, 7) is 1.18. The van der Waals surface area contributed by atoms with Gasteiger partial charge < -0.3 is 15.5 Å². The molecule has 0 bridgehead atoms. The Kier molecular flexibility index (Phi) is 5.44. The number of hydrogen-bond donors (Lipinski definition) is 2. The van der Waals surface area contributed by atoms with Gasteiger partial charge in [0.2, 0.25) is 5.91 Å². The highest BCUT2D eigenvalue weighted by Crippen LogP contribution is 2.26. The molecule has 0 aliphatic heterocycles. The number of hydrogen-bond acceptors (Lipinski definition) is 3. The highest BCUT2D eigenvalue weighted by atomic mass is 79.9. The van der Waals surface area contributed by atoms with E-state index in [1.165, 1.54) is 5.56 Å². The number of nitrogens with zero attached hydrogens (tertiary/aromatic N) is 1. The van der Waals surface area contributed by atoms with Gasteiger partial charge in [-0.2, -0.15) is 0 Å². The molecule has 0 aliphatic carbocycles. The predicted octanol–water partition coefficient (Wildman–Crippen LogP) is 1.35. The van der Waals surface area contributed by atoms with Crippen LogP contribution in [0.4, 0.5) is 5.69 Å². The van der Waals surface area contributed by atoms with E-state index in [1.807, 2.05) is 25.1 Å². The summed E-state index contributed by atoms with van der Waals surface area (Å²) in [6, 6.07) is 6.13. The summed E-state index contributed by atoms with van der Waals surface area (Å²) in [6.07, 6.45) is 0. The number of likely N-dealkylation sites (N-methyl/N-ethyl adjacent to an activating group) is 2. The van der Waals surface area contributed by atoms with Crippen LogP contribution in [0.1, 0.15) is 5.56 Å². The van der Waals surface area contributed by atoms with Crippen molar-refractivity contribution in [3.63, 3.8) is 0 Å². The fourth-order valence-corrected chi connectivity index (χ4v) is 2.28. The molecule has 0 spiro atoms. The zero-order valence-corrected chi connectivity index (χ0v) is 12.0. The van der Waals surface area contributed by atoms with E-state index in [2.05, 4.69) is 38.7 Å². The Balaban J connectivity index is 2.80. The van der Waals surface area contributed by atoms with Gasteiger partial charge in [-0.1, -0.05) is 6.07 Å². The van der Waals surface area contributed by atoms with Crippen LogP contribution in [0.5, 0.6) is 0 Å². The van der Waals surface area contributed by atoms with Crippen molar-refractivity contribution in [2.75, 3.05) is 32.6 Å². The van der Waals surface area contributed by atoms with E-state index < -0.39 is 0 Å². The van der Waals surface area contributed by atoms with Gasteiger partial charge in [0.1, 0.15) is 0 Å². The molecule has 1 rings (SSSR count). The van der Waals surface area contributed by atoms with Crippen LogP contribution in [-0.4, -0.2) is 33.6 Å². The minimum atomic E-state index is -0.00120. The van der Waals surface area contributed by atoms with Crippen molar-refractivity contribution in [2.24, 2.45) is 0 Å². The van der Waals surface area contributed by atoms with E-state index in [4.69, 9.17) is 0 Å². The molecule has 1 aromatic carbocycles. The Bertz CT molecular complexity index is 395. The molecule has 0 heterocycles. The lowest BCUT2D eigenvalue weighted by Crippen LogP contribution is -2.33. The first-order valence-electron chi connectivity index (χ1n) is 5.43. The van der Waals surface area contributed by atoms with Gasteiger partial charge in [0.15, 0.2) is 0 Å². The van der Waals surface area contributed by atoms with Crippen molar-refractivity contribution in [1.82, 2.24) is 10.6 Å². The molecule has 0 aliphatic rings. The van der Waals surface area contributed by atoms with Crippen LogP contribution in [0.2, 0.25) is 0 Å². The molecule has 17 heavy (non-hydrogen) atoms. The molecule has 0 atom stereocenters. The molecule has 2 N–H and O–H groups in total. The molecule has 1 aromatic rings. The van der Waals surface area contributed by atoms with Gasteiger partial charge >= 0.3 is 0 Å². The topological polar surface area (TPSA) is 44.4 Å². The number of amides is 1. The van der Waals surface area contributed by atoms with E-state index >= 15 is 0 Å². The fourth-order valence-electron chi connectivity index (χ4n) is 1.55. The Morgan fingerprint density at radius 2 is 2.12 bits per heavy atom. The minimum Gasteiger partial charge on any atom is -0.364 e. The number of benzene rings is 1. The first-order chi connectivity index (χ1) is 8.08. The predicted molar refractivity (Wildman–Crippen MR) is 74.2 cm³/mol. The maximum absolute atomic E-state index is 11.3. The van der Waals surface area contributed by atoms with Crippen molar-refractivity contribution < 1.29 is 4.79 Å². The lowest BCUT2D eigenvalue weighted by molar-refractivity contribution is -0.119. The van der Waals surface area contributed by atoms with Crippen LogP contribution >= 0.6 is 15.9 Å². The van der Waals surface area contributed by atoms with E-state index in [0.29, 0.717) is 6.54 Å². The molecule has 0 unspecified atom stereocenters. The molecule has 0 radical (unpaired) electrons.